The highest BCUT2D eigenvalue weighted by atomic mass is 35.5. The Labute approximate surface area is 108 Å². The maximum atomic E-state index is 12.4. The number of rotatable bonds is 3. The minimum Gasteiger partial charge on any atom is -0.366 e. The second-order valence-electron chi connectivity index (χ2n) is 3.68. The highest BCUT2D eigenvalue weighted by Gasteiger charge is 2.61. The Hall–Kier alpha value is -0.910. The van der Waals surface area contributed by atoms with E-state index in [0.29, 0.717) is 10.7 Å². The van der Waals surface area contributed by atoms with Crippen molar-refractivity contribution in [2.45, 2.75) is 5.34 Å². The van der Waals surface area contributed by atoms with Crippen LogP contribution in [0.25, 0.3) is 0 Å². The number of nitrogens with one attached hydrogen (secondary N) is 1. The number of carbonyl (C=O) groups excluding carboxylic acids is 1. The molecule has 1 atom stereocenters. The number of anilines is 1. The normalized spacial score (nSPS) is 22.8. The Bertz CT molecular complexity index is 555. The zero-order chi connectivity index (χ0) is 13.6. The van der Waals surface area contributed by atoms with Gasteiger partial charge in [0.25, 0.3) is 11.2 Å². The minimum atomic E-state index is -4.06. The number of halogens is 1. The minimum absolute atomic E-state index is 0.0760. The lowest BCUT2D eigenvalue weighted by Crippen LogP contribution is -2.35. The number of hydrogen-bond acceptors (Lipinski definition) is 5. The molecule has 1 amide bonds. The summed E-state index contributed by atoms with van der Waals surface area (Å²) in [4.78, 5) is 11.9. The van der Waals surface area contributed by atoms with Crippen molar-refractivity contribution in [2.75, 3.05) is 19.5 Å². The molecular formula is C10H11ClNO5P. The van der Waals surface area contributed by atoms with E-state index >= 15 is 0 Å². The standard InChI is InChI=1S/C10H11ClNO5P/c1-16-18(15,17-2)10(14)7-5-6(11)3-4-8(7)12-9(10)13/h3-5,14H,1-2H3,(H,12,13). The fourth-order valence-corrected chi connectivity index (χ4v) is 3.49. The van der Waals surface area contributed by atoms with E-state index in [1.54, 1.807) is 0 Å². The van der Waals surface area contributed by atoms with Crippen LogP contribution in [0.2, 0.25) is 5.02 Å². The number of fused-ring (bicyclic) bond motifs is 1. The number of aliphatic hydroxyl groups is 1. The van der Waals surface area contributed by atoms with E-state index < -0.39 is 18.8 Å². The van der Waals surface area contributed by atoms with Crippen molar-refractivity contribution >= 4 is 30.8 Å². The van der Waals surface area contributed by atoms with E-state index in [-0.39, 0.29) is 5.56 Å². The second-order valence-corrected chi connectivity index (χ2v) is 6.49. The van der Waals surface area contributed by atoms with Crippen LogP contribution in [-0.4, -0.2) is 25.2 Å². The van der Waals surface area contributed by atoms with Crippen molar-refractivity contribution in [1.29, 1.82) is 0 Å². The molecule has 18 heavy (non-hydrogen) atoms. The largest absolute Gasteiger partial charge is 0.376 e. The molecule has 1 unspecified atom stereocenters. The van der Waals surface area contributed by atoms with E-state index in [9.17, 15) is 14.5 Å². The van der Waals surface area contributed by atoms with Gasteiger partial charge in [-0.3, -0.25) is 9.36 Å². The van der Waals surface area contributed by atoms with E-state index in [2.05, 4.69) is 5.32 Å². The third-order valence-corrected chi connectivity index (χ3v) is 5.23. The zero-order valence-corrected chi connectivity index (χ0v) is 11.3. The van der Waals surface area contributed by atoms with Gasteiger partial charge in [-0.2, -0.15) is 0 Å². The molecule has 0 radical (unpaired) electrons. The summed E-state index contributed by atoms with van der Waals surface area (Å²) >= 11 is 5.81. The molecular weight excluding hydrogens is 281 g/mol. The summed E-state index contributed by atoms with van der Waals surface area (Å²) in [5.41, 5.74) is 0.397. The fourth-order valence-electron chi connectivity index (χ4n) is 1.86. The quantitative estimate of drug-likeness (QED) is 0.831. The summed E-state index contributed by atoms with van der Waals surface area (Å²) in [6.07, 6.45) is 0. The van der Waals surface area contributed by atoms with Crippen molar-refractivity contribution in [3.8, 4) is 0 Å². The molecule has 1 aromatic rings. The van der Waals surface area contributed by atoms with Gasteiger partial charge < -0.3 is 19.5 Å². The van der Waals surface area contributed by atoms with Gasteiger partial charge >= 0.3 is 7.60 Å². The van der Waals surface area contributed by atoms with Crippen LogP contribution in [0.1, 0.15) is 5.56 Å². The summed E-state index contributed by atoms with van der Waals surface area (Å²) in [7, 11) is -1.87. The highest BCUT2D eigenvalue weighted by molar-refractivity contribution is 7.56. The zero-order valence-electron chi connectivity index (χ0n) is 9.64. The lowest BCUT2D eigenvalue weighted by molar-refractivity contribution is -0.127. The van der Waals surface area contributed by atoms with Crippen LogP contribution in [-0.2, 0) is 23.7 Å². The number of carbonyl (C=O) groups is 1. The molecule has 1 heterocycles. The molecule has 1 aliphatic heterocycles. The van der Waals surface area contributed by atoms with Crippen LogP contribution in [0.15, 0.2) is 18.2 Å². The predicted molar refractivity (Wildman–Crippen MR) is 65.6 cm³/mol. The molecule has 2 rings (SSSR count). The molecule has 0 spiro atoms. The Morgan fingerprint density at radius 1 is 1.39 bits per heavy atom. The van der Waals surface area contributed by atoms with Crippen molar-refractivity contribution in [2.24, 2.45) is 0 Å². The van der Waals surface area contributed by atoms with Crippen LogP contribution < -0.4 is 5.32 Å². The predicted octanol–water partition coefficient (Wildman–Crippen LogP) is 1.92. The molecule has 0 saturated carbocycles. The van der Waals surface area contributed by atoms with Gasteiger partial charge in [0.15, 0.2) is 0 Å². The number of hydrogen-bond donors (Lipinski definition) is 2. The Morgan fingerprint density at radius 3 is 2.56 bits per heavy atom. The maximum absolute atomic E-state index is 12.4. The molecule has 6 nitrogen and oxygen atoms in total. The smallest absolute Gasteiger partial charge is 0.366 e. The van der Waals surface area contributed by atoms with E-state index in [0.717, 1.165) is 14.2 Å². The van der Waals surface area contributed by atoms with Gasteiger partial charge in [0.1, 0.15) is 0 Å². The van der Waals surface area contributed by atoms with Crippen molar-refractivity contribution in [3.63, 3.8) is 0 Å². The van der Waals surface area contributed by atoms with Gasteiger partial charge in [0.05, 0.1) is 0 Å². The first-order valence-corrected chi connectivity index (χ1v) is 6.86. The van der Waals surface area contributed by atoms with Crippen molar-refractivity contribution in [1.82, 2.24) is 0 Å². The van der Waals surface area contributed by atoms with Crippen LogP contribution >= 0.6 is 19.2 Å². The summed E-state index contributed by atoms with van der Waals surface area (Å²) in [5.74, 6) is -0.869. The number of benzene rings is 1. The first-order chi connectivity index (χ1) is 8.39. The first-order valence-electron chi connectivity index (χ1n) is 4.94. The molecule has 0 bridgehead atoms. The molecule has 0 aliphatic carbocycles. The molecule has 0 saturated heterocycles. The third kappa shape index (κ3) is 1.61. The third-order valence-electron chi connectivity index (χ3n) is 2.80. The Balaban J connectivity index is 2.69. The Kier molecular flexibility index (Phi) is 3.25. The van der Waals surface area contributed by atoms with Crippen LogP contribution in [0, 0.1) is 0 Å². The molecule has 1 aliphatic rings. The average Bonchev–Trinajstić information content (AvgIpc) is 2.62. The van der Waals surface area contributed by atoms with Gasteiger partial charge in [0.2, 0.25) is 0 Å². The first kappa shape index (κ1) is 13.5. The molecule has 2 N–H and O–H groups in total. The maximum Gasteiger partial charge on any atom is 0.376 e. The van der Waals surface area contributed by atoms with Gasteiger partial charge in [-0.15, -0.1) is 0 Å². The molecule has 0 fully saturated rings. The number of amides is 1. The highest BCUT2D eigenvalue weighted by Crippen LogP contribution is 2.65. The topological polar surface area (TPSA) is 84.9 Å². The Morgan fingerprint density at radius 2 is 2.00 bits per heavy atom. The van der Waals surface area contributed by atoms with Crippen molar-refractivity contribution < 1.29 is 23.5 Å². The second kappa shape index (κ2) is 4.33. The van der Waals surface area contributed by atoms with Crippen LogP contribution in [0.5, 0.6) is 0 Å². The van der Waals surface area contributed by atoms with E-state index in [1.807, 2.05) is 0 Å². The van der Waals surface area contributed by atoms with E-state index in [1.165, 1.54) is 18.2 Å². The molecule has 8 heteroatoms. The molecule has 1 aromatic carbocycles. The van der Waals surface area contributed by atoms with Gasteiger partial charge in [-0.25, -0.2) is 0 Å². The van der Waals surface area contributed by atoms with Crippen molar-refractivity contribution in [3.05, 3.63) is 28.8 Å². The SMILES string of the molecule is COP(=O)(OC)C1(O)C(=O)Nc2ccc(Cl)cc21. The fraction of sp³-hybridized carbons (Fsp3) is 0.300. The molecule has 98 valence electrons. The van der Waals surface area contributed by atoms with Gasteiger partial charge in [-0.1, -0.05) is 11.6 Å². The summed E-state index contributed by atoms with van der Waals surface area (Å²) < 4.78 is 21.8. The lowest BCUT2D eigenvalue weighted by Gasteiger charge is -2.27. The van der Waals surface area contributed by atoms with Crippen LogP contribution in [0.3, 0.4) is 0 Å². The summed E-state index contributed by atoms with van der Waals surface area (Å²) in [6.45, 7) is 0. The van der Waals surface area contributed by atoms with E-state index in [4.69, 9.17) is 20.6 Å². The average molecular weight is 292 g/mol. The summed E-state index contributed by atoms with van der Waals surface area (Å²) in [5, 5.41) is 10.8. The monoisotopic (exact) mass is 291 g/mol. The van der Waals surface area contributed by atoms with Gasteiger partial charge in [-0.05, 0) is 18.2 Å². The van der Waals surface area contributed by atoms with Crippen LogP contribution in [0.4, 0.5) is 5.69 Å². The summed E-state index contributed by atoms with van der Waals surface area (Å²) in [6, 6.07) is 4.39. The van der Waals surface area contributed by atoms with Gasteiger partial charge in [0, 0.05) is 30.5 Å². The molecule has 0 aromatic heterocycles. The lowest BCUT2D eigenvalue weighted by atomic mass is 10.1.